The lowest BCUT2D eigenvalue weighted by atomic mass is 10.1. The average molecular weight is 246 g/mol. The van der Waals surface area contributed by atoms with Crippen molar-refractivity contribution in [3.05, 3.63) is 0 Å². The van der Waals surface area contributed by atoms with Crippen molar-refractivity contribution in [1.29, 1.82) is 0 Å². The summed E-state index contributed by atoms with van der Waals surface area (Å²) in [5, 5.41) is 0. The largest absolute Gasteiger partial charge is 0.462 e. The zero-order valence-electron chi connectivity index (χ0n) is 10.6. The van der Waals surface area contributed by atoms with Gasteiger partial charge in [-0.05, 0) is 12.3 Å². The summed E-state index contributed by atoms with van der Waals surface area (Å²) < 4.78 is 21.1. The lowest BCUT2D eigenvalue weighted by molar-refractivity contribution is -0.156. The van der Waals surface area contributed by atoms with Gasteiger partial charge in [-0.25, -0.2) is 4.79 Å². The summed E-state index contributed by atoms with van der Waals surface area (Å²) in [5.41, 5.74) is 0. The first-order chi connectivity index (χ1) is 8.18. The Morgan fingerprint density at radius 2 is 1.88 bits per heavy atom. The van der Waals surface area contributed by atoms with Crippen LogP contribution in [0.4, 0.5) is 0 Å². The molecule has 0 radical (unpaired) electrons. The Bertz CT molecular complexity index is 217. The van der Waals surface area contributed by atoms with Gasteiger partial charge in [-0.1, -0.05) is 13.8 Å². The minimum absolute atomic E-state index is 0.0131. The van der Waals surface area contributed by atoms with Gasteiger partial charge >= 0.3 is 5.97 Å². The lowest BCUT2D eigenvalue weighted by Crippen LogP contribution is -2.28. The number of carbonyl (C=O) groups excluding carboxylic acids is 1. The summed E-state index contributed by atoms with van der Waals surface area (Å²) >= 11 is 0. The Labute approximate surface area is 102 Å². The van der Waals surface area contributed by atoms with E-state index in [-0.39, 0.29) is 25.3 Å². The molecule has 0 aliphatic carbocycles. The van der Waals surface area contributed by atoms with E-state index < -0.39 is 0 Å². The van der Waals surface area contributed by atoms with Crippen molar-refractivity contribution in [2.24, 2.45) is 5.92 Å². The van der Waals surface area contributed by atoms with Gasteiger partial charge in [0, 0.05) is 0 Å². The van der Waals surface area contributed by atoms with Crippen LogP contribution in [0.25, 0.3) is 0 Å². The third-order valence-electron chi connectivity index (χ3n) is 2.34. The Morgan fingerprint density at radius 1 is 1.18 bits per heavy atom. The van der Waals surface area contributed by atoms with Crippen molar-refractivity contribution in [3.63, 3.8) is 0 Å². The van der Waals surface area contributed by atoms with Gasteiger partial charge in [0.2, 0.25) is 0 Å². The molecule has 0 saturated carbocycles. The van der Waals surface area contributed by atoms with Gasteiger partial charge in [0.15, 0.2) is 0 Å². The molecule has 1 saturated heterocycles. The maximum atomic E-state index is 11.3. The quantitative estimate of drug-likeness (QED) is 0.681. The van der Waals surface area contributed by atoms with E-state index in [1.165, 1.54) is 0 Å². The van der Waals surface area contributed by atoms with E-state index in [0.717, 1.165) is 6.42 Å². The molecule has 5 heteroatoms. The summed E-state index contributed by atoms with van der Waals surface area (Å²) in [5.74, 6) is 0.159. The van der Waals surface area contributed by atoms with Crippen molar-refractivity contribution in [2.45, 2.75) is 26.4 Å². The SMILES string of the molecule is CC(C)C[C@H]1COCCOCCOC(=O)CO1. The molecule has 0 N–H and O–H groups in total. The molecule has 0 unspecified atom stereocenters. The van der Waals surface area contributed by atoms with Crippen LogP contribution in [0.2, 0.25) is 0 Å². The van der Waals surface area contributed by atoms with E-state index in [0.29, 0.717) is 32.3 Å². The van der Waals surface area contributed by atoms with Gasteiger partial charge in [-0.15, -0.1) is 0 Å². The summed E-state index contributed by atoms with van der Waals surface area (Å²) in [4.78, 5) is 11.3. The molecule has 1 heterocycles. The first-order valence-electron chi connectivity index (χ1n) is 6.11. The highest BCUT2D eigenvalue weighted by atomic mass is 16.6. The smallest absolute Gasteiger partial charge is 0.332 e. The van der Waals surface area contributed by atoms with E-state index >= 15 is 0 Å². The summed E-state index contributed by atoms with van der Waals surface area (Å²) in [6.45, 7) is 6.46. The summed E-state index contributed by atoms with van der Waals surface area (Å²) in [6.07, 6.45) is 0.815. The predicted molar refractivity (Wildman–Crippen MR) is 61.8 cm³/mol. The zero-order valence-corrected chi connectivity index (χ0v) is 10.6. The van der Waals surface area contributed by atoms with Crippen molar-refractivity contribution in [2.75, 3.05) is 39.6 Å². The van der Waals surface area contributed by atoms with Crippen LogP contribution < -0.4 is 0 Å². The van der Waals surface area contributed by atoms with Gasteiger partial charge in [-0.2, -0.15) is 0 Å². The van der Waals surface area contributed by atoms with Gasteiger partial charge < -0.3 is 18.9 Å². The second kappa shape index (κ2) is 8.44. The highest BCUT2D eigenvalue weighted by Crippen LogP contribution is 2.09. The van der Waals surface area contributed by atoms with Crippen LogP contribution in [-0.2, 0) is 23.7 Å². The monoisotopic (exact) mass is 246 g/mol. The van der Waals surface area contributed by atoms with Gasteiger partial charge in [0.25, 0.3) is 0 Å². The average Bonchev–Trinajstić information content (AvgIpc) is 2.26. The maximum absolute atomic E-state index is 11.3. The fourth-order valence-electron chi connectivity index (χ4n) is 1.59. The van der Waals surface area contributed by atoms with Crippen LogP contribution in [0.5, 0.6) is 0 Å². The third-order valence-corrected chi connectivity index (χ3v) is 2.34. The van der Waals surface area contributed by atoms with E-state index in [1.54, 1.807) is 0 Å². The molecule has 1 atom stereocenters. The molecule has 0 bridgehead atoms. The molecule has 1 aliphatic heterocycles. The Kier molecular flexibility index (Phi) is 7.16. The van der Waals surface area contributed by atoms with E-state index in [4.69, 9.17) is 18.9 Å². The number of cyclic esters (lactones) is 1. The summed E-state index contributed by atoms with van der Waals surface area (Å²) in [7, 11) is 0. The van der Waals surface area contributed by atoms with Crippen molar-refractivity contribution < 1.29 is 23.7 Å². The van der Waals surface area contributed by atoms with Crippen molar-refractivity contribution in [1.82, 2.24) is 0 Å². The fraction of sp³-hybridized carbons (Fsp3) is 0.917. The number of hydrogen-bond acceptors (Lipinski definition) is 5. The Balaban J connectivity index is 2.37. The molecule has 0 aromatic carbocycles. The van der Waals surface area contributed by atoms with Crippen LogP contribution in [0.3, 0.4) is 0 Å². The highest BCUT2D eigenvalue weighted by Gasteiger charge is 2.15. The van der Waals surface area contributed by atoms with Crippen LogP contribution in [0.1, 0.15) is 20.3 Å². The first-order valence-corrected chi connectivity index (χ1v) is 6.11. The third kappa shape index (κ3) is 7.31. The van der Waals surface area contributed by atoms with Crippen LogP contribution in [-0.4, -0.2) is 51.7 Å². The topological polar surface area (TPSA) is 54.0 Å². The minimum atomic E-state index is -0.345. The molecule has 0 aromatic heterocycles. The normalized spacial score (nSPS) is 24.9. The molecular weight excluding hydrogens is 224 g/mol. The van der Waals surface area contributed by atoms with Gasteiger partial charge in [-0.3, -0.25) is 0 Å². The van der Waals surface area contributed by atoms with Crippen LogP contribution in [0.15, 0.2) is 0 Å². The molecular formula is C12H22O5. The van der Waals surface area contributed by atoms with Gasteiger partial charge in [0.1, 0.15) is 13.2 Å². The predicted octanol–water partition coefficient (Wildman–Crippen LogP) is 1.01. The zero-order chi connectivity index (χ0) is 12.5. The number of hydrogen-bond donors (Lipinski definition) is 0. The second-order valence-corrected chi connectivity index (χ2v) is 4.47. The second-order valence-electron chi connectivity index (χ2n) is 4.47. The van der Waals surface area contributed by atoms with Gasteiger partial charge in [0.05, 0.1) is 32.5 Å². The lowest BCUT2D eigenvalue weighted by Gasteiger charge is -2.20. The Morgan fingerprint density at radius 3 is 2.65 bits per heavy atom. The first kappa shape index (κ1) is 14.4. The molecule has 0 amide bonds. The van der Waals surface area contributed by atoms with E-state index in [2.05, 4.69) is 13.8 Å². The molecule has 100 valence electrons. The number of carbonyl (C=O) groups is 1. The standard InChI is InChI=1S/C12H22O5/c1-10(2)7-11-8-15-4-3-14-5-6-16-12(13)9-17-11/h10-11H,3-9H2,1-2H3/t11-/m0/s1. The molecule has 0 spiro atoms. The maximum Gasteiger partial charge on any atom is 0.332 e. The number of rotatable bonds is 2. The van der Waals surface area contributed by atoms with Crippen molar-refractivity contribution in [3.8, 4) is 0 Å². The van der Waals surface area contributed by atoms with Crippen molar-refractivity contribution >= 4 is 5.97 Å². The number of esters is 1. The van der Waals surface area contributed by atoms with Crippen LogP contribution >= 0.6 is 0 Å². The fourth-order valence-corrected chi connectivity index (χ4v) is 1.59. The molecule has 0 aromatic rings. The van der Waals surface area contributed by atoms with Crippen LogP contribution in [0, 0.1) is 5.92 Å². The summed E-state index contributed by atoms with van der Waals surface area (Å²) in [6, 6.07) is 0. The van der Waals surface area contributed by atoms with E-state index in [9.17, 15) is 4.79 Å². The minimum Gasteiger partial charge on any atom is -0.462 e. The molecule has 1 fully saturated rings. The molecule has 1 rings (SSSR count). The highest BCUT2D eigenvalue weighted by molar-refractivity contribution is 5.70. The molecule has 1 aliphatic rings. The molecule has 17 heavy (non-hydrogen) atoms. The van der Waals surface area contributed by atoms with E-state index in [1.807, 2.05) is 0 Å². The molecule has 5 nitrogen and oxygen atoms in total. The number of ether oxygens (including phenoxy) is 4. The Hall–Kier alpha value is -0.650.